The number of aryl methyl sites for hydroxylation is 2. The molecule has 5 heteroatoms. The largest absolute Gasteiger partial charge is 0.497 e. The Labute approximate surface area is 207 Å². The molecular formula is C30H32N2O3. The number of hydrogen-bond acceptors (Lipinski definition) is 4. The van der Waals surface area contributed by atoms with E-state index in [4.69, 9.17) is 4.74 Å². The predicted molar refractivity (Wildman–Crippen MR) is 140 cm³/mol. The van der Waals surface area contributed by atoms with Gasteiger partial charge in [0.2, 0.25) is 0 Å². The van der Waals surface area contributed by atoms with E-state index in [0.717, 1.165) is 33.7 Å². The fraction of sp³-hybridized carbons (Fsp3) is 0.267. The molecule has 5 nitrogen and oxygen atoms in total. The number of anilines is 1. The van der Waals surface area contributed by atoms with Crippen molar-refractivity contribution in [2.75, 3.05) is 12.4 Å². The summed E-state index contributed by atoms with van der Waals surface area (Å²) in [7, 11) is 1.61. The third-order valence-corrected chi connectivity index (χ3v) is 6.48. The summed E-state index contributed by atoms with van der Waals surface area (Å²) in [5, 5.41) is 3.26. The van der Waals surface area contributed by atoms with Crippen LogP contribution in [0.25, 0.3) is 5.57 Å². The van der Waals surface area contributed by atoms with Crippen LogP contribution in [0.3, 0.4) is 0 Å². The van der Waals surface area contributed by atoms with E-state index in [9.17, 15) is 9.59 Å². The Morgan fingerprint density at radius 2 is 1.49 bits per heavy atom. The van der Waals surface area contributed by atoms with E-state index in [-0.39, 0.29) is 23.8 Å². The van der Waals surface area contributed by atoms with E-state index < -0.39 is 0 Å². The van der Waals surface area contributed by atoms with Gasteiger partial charge >= 0.3 is 0 Å². The zero-order chi connectivity index (χ0) is 25.3. The normalized spacial score (nSPS) is 14.1. The molecule has 1 aliphatic rings. The third kappa shape index (κ3) is 4.99. The van der Waals surface area contributed by atoms with Crippen LogP contribution in [0.4, 0.5) is 5.69 Å². The smallest absolute Gasteiger partial charge is 0.278 e. The van der Waals surface area contributed by atoms with Crippen LogP contribution in [-0.4, -0.2) is 23.8 Å². The molecule has 0 aliphatic carbocycles. The molecule has 1 heterocycles. The van der Waals surface area contributed by atoms with Crippen LogP contribution in [0.15, 0.2) is 72.4 Å². The van der Waals surface area contributed by atoms with Crippen molar-refractivity contribution in [2.24, 2.45) is 0 Å². The number of hydrogen-bond donors (Lipinski definition) is 1. The minimum atomic E-state index is -0.334. The number of amides is 2. The van der Waals surface area contributed by atoms with Gasteiger partial charge in [-0.25, -0.2) is 0 Å². The summed E-state index contributed by atoms with van der Waals surface area (Å²) in [5.41, 5.74) is 6.47. The van der Waals surface area contributed by atoms with Crippen molar-refractivity contribution < 1.29 is 14.3 Å². The molecular weight excluding hydrogens is 436 g/mol. The van der Waals surface area contributed by atoms with Gasteiger partial charge in [0.05, 0.1) is 19.2 Å². The molecule has 2 amide bonds. The molecule has 0 unspecified atom stereocenters. The first-order valence-electron chi connectivity index (χ1n) is 11.8. The molecule has 3 aromatic rings. The summed E-state index contributed by atoms with van der Waals surface area (Å²) in [6.45, 7) is 10.7. The molecule has 1 N–H and O–H groups in total. The summed E-state index contributed by atoms with van der Waals surface area (Å²) in [4.78, 5) is 28.5. The lowest BCUT2D eigenvalue weighted by Gasteiger charge is -2.19. The summed E-state index contributed by atoms with van der Waals surface area (Å²) in [6.07, 6.45) is 0. The number of ether oxygens (including phenoxy) is 1. The molecule has 0 saturated carbocycles. The van der Waals surface area contributed by atoms with Crippen molar-refractivity contribution >= 4 is 23.1 Å². The fourth-order valence-electron chi connectivity index (χ4n) is 4.11. The minimum absolute atomic E-state index is 0.0245. The summed E-state index contributed by atoms with van der Waals surface area (Å²) < 4.78 is 5.22. The predicted octanol–water partition coefficient (Wildman–Crippen LogP) is 6.00. The topological polar surface area (TPSA) is 58.6 Å². The minimum Gasteiger partial charge on any atom is -0.497 e. The van der Waals surface area contributed by atoms with Gasteiger partial charge in [0.15, 0.2) is 0 Å². The Balaban J connectivity index is 1.71. The van der Waals surface area contributed by atoms with Crippen LogP contribution < -0.4 is 10.1 Å². The molecule has 0 bridgehead atoms. The van der Waals surface area contributed by atoms with Crippen molar-refractivity contribution in [3.05, 3.63) is 100 Å². The first-order valence-corrected chi connectivity index (χ1v) is 11.8. The van der Waals surface area contributed by atoms with Crippen LogP contribution >= 0.6 is 0 Å². The maximum absolute atomic E-state index is 13.6. The average molecular weight is 469 g/mol. The van der Waals surface area contributed by atoms with E-state index in [1.165, 1.54) is 10.5 Å². The second kappa shape index (κ2) is 9.41. The monoisotopic (exact) mass is 468 g/mol. The number of nitrogens with zero attached hydrogens (tertiary/aromatic N) is 1. The van der Waals surface area contributed by atoms with Gasteiger partial charge in [-0.15, -0.1) is 0 Å². The number of carbonyl (C=O) groups is 2. The number of methoxy groups -OCH3 is 1. The van der Waals surface area contributed by atoms with Crippen molar-refractivity contribution in [3.8, 4) is 5.75 Å². The fourth-order valence-corrected chi connectivity index (χ4v) is 4.11. The van der Waals surface area contributed by atoms with Crippen LogP contribution in [-0.2, 0) is 21.5 Å². The van der Waals surface area contributed by atoms with E-state index in [1.807, 2.05) is 68.4 Å². The van der Waals surface area contributed by atoms with Crippen molar-refractivity contribution in [1.29, 1.82) is 0 Å². The molecule has 4 rings (SSSR count). The van der Waals surface area contributed by atoms with Gasteiger partial charge in [0, 0.05) is 5.69 Å². The zero-order valence-corrected chi connectivity index (χ0v) is 21.2. The van der Waals surface area contributed by atoms with Gasteiger partial charge in [0.25, 0.3) is 11.8 Å². The third-order valence-electron chi connectivity index (χ3n) is 6.48. The standard InChI is InChI=1S/C30H32N2O3/c1-19-7-10-22(17-20(19)2)26-27(31-24-13-11-23(12-14-24)30(3,4)5)29(34)32(28(26)33)18-21-8-15-25(35-6)16-9-21/h7-17,31H,18H2,1-6H3. The SMILES string of the molecule is COc1ccc(CN2C(=O)C(Nc3ccc(C(C)(C)C)cc3)=C(c3ccc(C)c(C)c3)C2=O)cc1. The lowest BCUT2D eigenvalue weighted by atomic mass is 9.87. The molecule has 0 fully saturated rings. The highest BCUT2D eigenvalue weighted by Gasteiger charge is 2.39. The van der Waals surface area contributed by atoms with Crippen LogP contribution in [0, 0.1) is 13.8 Å². The molecule has 35 heavy (non-hydrogen) atoms. The highest BCUT2D eigenvalue weighted by Crippen LogP contribution is 2.33. The van der Waals surface area contributed by atoms with Crippen LogP contribution in [0.1, 0.15) is 48.6 Å². The lowest BCUT2D eigenvalue weighted by Crippen LogP contribution is -2.32. The van der Waals surface area contributed by atoms with Gasteiger partial charge in [0.1, 0.15) is 11.4 Å². The zero-order valence-electron chi connectivity index (χ0n) is 21.2. The van der Waals surface area contributed by atoms with Crippen LogP contribution in [0.2, 0.25) is 0 Å². The average Bonchev–Trinajstić information content (AvgIpc) is 3.05. The first kappa shape index (κ1) is 24.3. The van der Waals surface area contributed by atoms with Gasteiger partial charge < -0.3 is 10.1 Å². The van der Waals surface area contributed by atoms with E-state index in [0.29, 0.717) is 11.3 Å². The molecule has 180 valence electrons. The van der Waals surface area contributed by atoms with E-state index >= 15 is 0 Å². The molecule has 0 atom stereocenters. The highest BCUT2D eigenvalue weighted by molar-refractivity contribution is 6.36. The summed E-state index contributed by atoms with van der Waals surface area (Å²) in [6, 6.07) is 21.3. The van der Waals surface area contributed by atoms with Gasteiger partial charge in [-0.1, -0.05) is 63.2 Å². The Morgan fingerprint density at radius 1 is 0.829 bits per heavy atom. The number of carbonyl (C=O) groups excluding carboxylic acids is 2. The van der Waals surface area contributed by atoms with E-state index in [1.54, 1.807) is 7.11 Å². The van der Waals surface area contributed by atoms with Gasteiger partial charge in [-0.2, -0.15) is 0 Å². The number of nitrogens with one attached hydrogen (secondary N) is 1. The first-order chi connectivity index (χ1) is 16.6. The summed E-state index contributed by atoms with van der Waals surface area (Å²) in [5.74, 6) is 0.0876. The van der Waals surface area contributed by atoms with Crippen molar-refractivity contribution in [3.63, 3.8) is 0 Å². The van der Waals surface area contributed by atoms with Crippen molar-refractivity contribution in [2.45, 2.75) is 46.6 Å². The Kier molecular flexibility index (Phi) is 6.53. The molecule has 1 aliphatic heterocycles. The molecule has 3 aromatic carbocycles. The lowest BCUT2D eigenvalue weighted by molar-refractivity contribution is -0.137. The van der Waals surface area contributed by atoms with Gasteiger partial charge in [-0.3, -0.25) is 14.5 Å². The Bertz CT molecular complexity index is 1300. The molecule has 0 aromatic heterocycles. The Morgan fingerprint density at radius 3 is 2.06 bits per heavy atom. The molecule has 0 radical (unpaired) electrons. The Hall–Kier alpha value is -3.86. The molecule has 0 spiro atoms. The van der Waals surface area contributed by atoms with Crippen molar-refractivity contribution in [1.82, 2.24) is 4.90 Å². The second-order valence-corrected chi connectivity index (χ2v) is 10.0. The van der Waals surface area contributed by atoms with Crippen LogP contribution in [0.5, 0.6) is 5.75 Å². The number of rotatable bonds is 6. The maximum atomic E-state index is 13.6. The maximum Gasteiger partial charge on any atom is 0.278 e. The molecule has 0 saturated heterocycles. The van der Waals surface area contributed by atoms with Gasteiger partial charge in [-0.05, 0) is 71.3 Å². The number of benzene rings is 3. The summed E-state index contributed by atoms with van der Waals surface area (Å²) >= 11 is 0. The highest BCUT2D eigenvalue weighted by atomic mass is 16.5. The second-order valence-electron chi connectivity index (χ2n) is 10.0. The van der Waals surface area contributed by atoms with E-state index in [2.05, 4.69) is 38.2 Å². The quantitative estimate of drug-likeness (QED) is 0.451. The number of imide groups is 1.